The van der Waals surface area contributed by atoms with E-state index in [1.807, 2.05) is 38.1 Å². The van der Waals surface area contributed by atoms with Gasteiger partial charge in [0.1, 0.15) is 29.5 Å². The zero-order valence-electron chi connectivity index (χ0n) is 11.4. The number of hydrogen-bond donors (Lipinski definition) is 1. The average molecular weight is 258 g/mol. The van der Waals surface area contributed by atoms with Crippen molar-refractivity contribution >= 4 is 0 Å². The molecule has 2 heterocycles. The summed E-state index contributed by atoms with van der Waals surface area (Å²) in [5.74, 6) is 2.53. The summed E-state index contributed by atoms with van der Waals surface area (Å²) in [6.07, 6.45) is 0.484. The van der Waals surface area contributed by atoms with Crippen molar-refractivity contribution in [2.45, 2.75) is 39.4 Å². The number of aliphatic hydroxyl groups is 1. The second-order valence-corrected chi connectivity index (χ2v) is 5.27. The number of aliphatic hydroxyl groups excluding tert-OH is 1. The van der Waals surface area contributed by atoms with Gasteiger partial charge in [-0.15, -0.1) is 0 Å². The number of benzene rings is 1. The van der Waals surface area contributed by atoms with Crippen molar-refractivity contribution in [3.05, 3.63) is 52.5 Å². The van der Waals surface area contributed by atoms with Gasteiger partial charge in [-0.2, -0.15) is 0 Å². The predicted molar refractivity (Wildman–Crippen MR) is 72.5 cm³/mol. The molecule has 100 valence electrons. The van der Waals surface area contributed by atoms with E-state index in [9.17, 15) is 5.11 Å². The molecular weight excluding hydrogens is 240 g/mol. The third-order valence-electron chi connectivity index (χ3n) is 3.61. The smallest absolute Gasteiger partial charge is 0.123 e. The van der Waals surface area contributed by atoms with E-state index < -0.39 is 6.10 Å². The van der Waals surface area contributed by atoms with Gasteiger partial charge in [0.15, 0.2) is 0 Å². The van der Waals surface area contributed by atoms with Gasteiger partial charge in [-0.05, 0) is 50.1 Å². The maximum absolute atomic E-state index is 10.5. The fraction of sp³-hybridized carbons (Fsp3) is 0.375. The molecule has 0 bridgehead atoms. The molecular formula is C16H18O3. The van der Waals surface area contributed by atoms with E-state index >= 15 is 0 Å². The number of ether oxygens (including phenoxy) is 1. The van der Waals surface area contributed by atoms with Crippen molar-refractivity contribution in [1.29, 1.82) is 0 Å². The molecule has 2 atom stereocenters. The monoisotopic (exact) mass is 258 g/mol. The van der Waals surface area contributed by atoms with Crippen molar-refractivity contribution in [2.24, 2.45) is 0 Å². The van der Waals surface area contributed by atoms with Gasteiger partial charge in [0.2, 0.25) is 0 Å². The van der Waals surface area contributed by atoms with Crippen LogP contribution in [0.2, 0.25) is 0 Å². The van der Waals surface area contributed by atoms with Gasteiger partial charge in [-0.1, -0.05) is 6.07 Å². The highest BCUT2D eigenvalue weighted by atomic mass is 16.5. The first-order chi connectivity index (χ1) is 9.04. The van der Waals surface area contributed by atoms with E-state index in [1.165, 1.54) is 5.56 Å². The molecule has 0 spiro atoms. The number of rotatable bonds is 2. The van der Waals surface area contributed by atoms with E-state index in [1.54, 1.807) is 0 Å². The summed E-state index contributed by atoms with van der Waals surface area (Å²) in [5.41, 5.74) is 2.90. The van der Waals surface area contributed by atoms with Gasteiger partial charge >= 0.3 is 0 Å². The topological polar surface area (TPSA) is 42.6 Å². The van der Waals surface area contributed by atoms with Gasteiger partial charge in [0.05, 0.1) is 0 Å². The lowest BCUT2D eigenvalue weighted by molar-refractivity contribution is 0.218. The second kappa shape index (κ2) is 4.42. The normalized spacial score (nSPS) is 19.1. The first-order valence-electron chi connectivity index (χ1n) is 6.59. The zero-order chi connectivity index (χ0) is 13.6. The highest BCUT2D eigenvalue weighted by Crippen LogP contribution is 2.34. The fourth-order valence-electron chi connectivity index (χ4n) is 2.71. The maximum atomic E-state index is 10.5. The van der Waals surface area contributed by atoms with Crippen LogP contribution in [0.1, 0.15) is 41.2 Å². The molecule has 2 unspecified atom stereocenters. The first-order valence-corrected chi connectivity index (χ1v) is 6.59. The molecule has 0 radical (unpaired) electrons. The largest absolute Gasteiger partial charge is 0.490 e. The Morgan fingerprint density at radius 1 is 1.26 bits per heavy atom. The van der Waals surface area contributed by atoms with Gasteiger partial charge in [0.25, 0.3) is 0 Å². The molecule has 1 N–H and O–H groups in total. The Balaban J connectivity index is 1.95. The molecule has 1 aliphatic rings. The summed E-state index contributed by atoms with van der Waals surface area (Å²) in [4.78, 5) is 0. The molecule has 1 aromatic heterocycles. The van der Waals surface area contributed by atoms with Crippen LogP contribution in [-0.4, -0.2) is 11.2 Å². The average Bonchev–Trinajstić information content (AvgIpc) is 2.88. The standard InChI is InChI=1S/C16H18O3/c1-9-6-13-8-12(4-5-15(13)19-9)16(17)14-7-10(2)18-11(14)3/h4-5,7-9,16-17H,6H2,1-3H3. The zero-order valence-corrected chi connectivity index (χ0v) is 11.4. The van der Waals surface area contributed by atoms with E-state index in [4.69, 9.17) is 9.15 Å². The molecule has 1 aromatic carbocycles. The van der Waals surface area contributed by atoms with Crippen molar-refractivity contribution < 1.29 is 14.3 Å². The Morgan fingerprint density at radius 3 is 2.74 bits per heavy atom. The van der Waals surface area contributed by atoms with Crippen molar-refractivity contribution in [1.82, 2.24) is 0 Å². The van der Waals surface area contributed by atoms with E-state index in [0.29, 0.717) is 0 Å². The van der Waals surface area contributed by atoms with Crippen molar-refractivity contribution in [3.8, 4) is 5.75 Å². The predicted octanol–water partition coefficient (Wildman–Crippen LogP) is 3.30. The van der Waals surface area contributed by atoms with Crippen LogP contribution in [0.3, 0.4) is 0 Å². The molecule has 0 saturated heterocycles. The summed E-state index contributed by atoms with van der Waals surface area (Å²) in [6, 6.07) is 7.79. The van der Waals surface area contributed by atoms with Crippen LogP contribution in [0.25, 0.3) is 0 Å². The highest BCUT2D eigenvalue weighted by Gasteiger charge is 2.22. The van der Waals surface area contributed by atoms with Crippen LogP contribution in [-0.2, 0) is 6.42 Å². The summed E-state index contributed by atoms with van der Waals surface area (Å²) in [5, 5.41) is 10.5. The van der Waals surface area contributed by atoms with Crippen LogP contribution < -0.4 is 4.74 Å². The van der Waals surface area contributed by atoms with E-state index in [-0.39, 0.29) is 6.10 Å². The number of hydrogen-bond acceptors (Lipinski definition) is 3. The fourth-order valence-corrected chi connectivity index (χ4v) is 2.71. The van der Waals surface area contributed by atoms with Gasteiger partial charge in [-0.3, -0.25) is 0 Å². The van der Waals surface area contributed by atoms with Crippen LogP contribution in [0, 0.1) is 13.8 Å². The number of furan rings is 1. The van der Waals surface area contributed by atoms with E-state index in [0.717, 1.165) is 34.8 Å². The Hall–Kier alpha value is -1.74. The minimum atomic E-state index is -0.640. The van der Waals surface area contributed by atoms with Gasteiger partial charge < -0.3 is 14.3 Å². The molecule has 0 amide bonds. The number of fused-ring (bicyclic) bond motifs is 1. The quantitative estimate of drug-likeness (QED) is 0.898. The van der Waals surface area contributed by atoms with E-state index in [2.05, 4.69) is 6.92 Å². The summed E-state index contributed by atoms with van der Waals surface area (Å²) in [6.45, 7) is 5.82. The van der Waals surface area contributed by atoms with Gasteiger partial charge in [-0.25, -0.2) is 0 Å². The van der Waals surface area contributed by atoms with Crippen LogP contribution >= 0.6 is 0 Å². The second-order valence-electron chi connectivity index (χ2n) is 5.27. The van der Waals surface area contributed by atoms with Crippen LogP contribution in [0.15, 0.2) is 28.7 Å². The molecule has 1 aliphatic heterocycles. The molecule has 0 fully saturated rings. The molecule has 3 heteroatoms. The SMILES string of the molecule is Cc1cc(C(O)c2ccc3c(c2)CC(C)O3)c(C)o1. The minimum absolute atomic E-state index is 0.222. The van der Waals surface area contributed by atoms with Crippen LogP contribution in [0.5, 0.6) is 5.75 Å². The third kappa shape index (κ3) is 2.15. The maximum Gasteiger partial charge on any atom is 0.123 e. The Bertz CT molecular complexity index is 612. The lowest BCUT2D eigenvalue weighted by Gasteiger charge is -2.11. The molecule has 0 saturated carbocycles. The molecule has 3 rings (SSSR count). The van der Waals surface area contributed by atoms with Crippen LogP contribution in [0.4, 0.5) is 0 Å². The summed E-state index contributed by atoms with van der Waals surface area (Å²) >= 11 is 0. The molecule has 2 aromatic rings. The highest BCUT2D eigenvalue weighted by molar-refractivity contribution is 5.43. The Kier molecular flexibility index (Phi) is 2.86. The lowest BCUT2D eigenvalue weighted by atomic mass is 9.98. The summed E-state index contributed by atoms with van der Waals surface area (Å²) in [7, 11) is 0. The minimum Gasteiger partial charge on any atom is -0.490 e. The number of aryl methyl sites for hydroxylation is 2. The lowest BCUT2D eigenvalue weighted by Crippen LogP contribution is -2.05. The first kappa shape index (κ1) is 12.3. The van der Waals surface area contributed by atoms with Crippen molar-refractivity contribution in [3.63, 3.8) is 0 Å². The Labute approximate surface area is 112 Å². The third-order valence-corrected chi connectivity index (χ3v) is 3.61. The molecule has 0 aliphatic carbocycles. The van der Waals surface area contributed by atoms with Gasteiger partial charge in [0, 0.05) is 12.0 Å². The molecule has 3 nitrogen and oxygen atoms in total. The van der Waals surface area contributed by atoms with Crippen molar-refractivity contribution in [2.75, 3.05) is 0 Å². The Morgan fingerprint density at radius 2 is 2.05 bits per heavy atom. The summed E-state index contributed by atoms with van der Waals surface area (Å²) < 4.78 is 11.2. The molecule has 19 heavy (non-hydrogen) atoms.